The van der Waals surface area contributed by atoms with Gasteiger partial charge in [-0.3, -0.25) is 14.5 Å². The molecule has 0 unspecified atom stereocenters. The molecular weight excluding hydrogens is 419 g/mol. The Balaban J connectivity index is 1.63. The summed E-state index contributed by atoms with van der Waals surface area (Å²) in [5.74, 6) is -0.553. The van der Waals surface area contributed by atoms with E-state index in [-0.39, 0.29) is 18.9 Å². The van der Waals surface area contributed by atoms with Crippen molar-refractivity contribution < 1.29 is 14.3 Å². The first-order valence-corrected chi connectivity index (χ1v) is 9.97. The lowest BCUT2D eigenvalue weighted by Crippen LogP contribution is -2.22. The van der Waals surface area contributed by atoms with Crippen LogP contribution in [-0.2, 0) is 27.4 Å². The van der Waals surface area contributed by atoms with Crippen LogP contribution in [0.2, 0.25) is 10.0 Å². The maximum absolute atomic E-state index is 12.1. The van der Waals surface area contributed by atoms with Gasteiger partial charge in [0.05, 0.1) is 27.8 Å². The number of para-hydroxylation sites is 1. The Morgan fingerprint density at radius 1 is 1.11 bits per heavy atom. The molecular formula is C20H16Cl2N2O3S. The Morgan fingerprint density at radius 3 is 2.54 bits per heavy atom. The van der Waals surface area contributed by atoms with Gasteiger partial charge in [0.15, 0.2) is 5.13 Å². The van der Waals surface area contributed by atoms with Gasteiger partial charge in [-0.05, 0) is 29.8 Å². The molecule has 0 aliphatic carbocycles. The van der Waals surface area contributed by atoms with E-state index in [1.807, 2.05) is 30.3 Å². The highest BCUT2D eigenvalue weighted by molar-refractivity contribution is 7.14. The molecule has 5 nitrogen and oxygen atoms in total. The molecule has 0 N–H and O–H groups in total. The van der Waals surface area contributed by atoms with E-state index in [1.165, 1.54) is 23.2 Å². The van der Waals surface area contributed by atoms with Gasteiger partial charge in [-0.1, -0.05) is 47.5 Å². The fourth-order valence-corrected chi connectivity index (χ4v) is 3.68. The van der Waals surface area contributed by atoms with Crippen LogP contribution in [0.4, 0.5) is 10.8 Å². The number of benzene rings is 2. The zero-order valence-corrected chi connectivity index (χ0v) is 17.2. The third-order valence-corrected chi connectivity index (χ3v) is 5.39. The van der Waals surface area contributed by atoms with E-state index in [0.29, 0.717) is 26.4 Å². The molecule has 1 heterocycles. The summed E-state index contributed by atoms with van der Waals surface area (Å²) in [4.78, 5) is 30.1. The van der Waals surface area contributed by atoms with Crippen molar-refractivity contribution >= 4 is 57.2 Å². The summed E-state index contributed by atoms with van der Waals surface area (Å²) < 4.78 is 5.29. The number of amides is 1. The second-order valence-corrected chi connectivity index (χ2v) is 7.55. The summed E-state index contributed by atoms with van der Waals surface area (Å²) in [5, 5.41) is 3.11. The normalized spacial score (nSPS) is 10.5. The molecule has 0 spiro atoms. The fraction of sp³-hybridized carbons (Fsp3) is 0.150. The van der Waals surface area contributed by atoms with Gasteiger partial charge in [-0.25, -0.2) is 4.98 Å². The molecule has 0 fully saturated rings. The van der Waals surface area contributed by atoms with Crippen molar-refractivity contribution in [2.75, 3.05) is 4.90 Å². The summed E-state index contributed by atoms with van der Waals surface area (Å²) in [6.45, 7) is 1.50. The van der Waals surface area contributed by atoms with E-state index >= 15 is 0 Å². The first kappa shape index (κ1) is 20.3. The van der Waals surface area contributed by atoms with E-state index in [0.717, 1.165) is 5.69 Å². The maximum Gasteiger partial charge on any atom is 0.310 e. The van der Waals surface area contributed by atoms with Crippen LogP contribution in [0.25, 0.3) is 0 Å². The molecule has 1 aromatic heterocycles. The SMILES string of the molecule is CC(=O)N(c1ccccc1)c1nc(COC(=O)Cc2ccc(Cl)c(Cl)c2)cs1. The summed E-state index contributed by atoms with van der Waals surface area (Å²) >= 11 is 13.1. The summed E-state index contributed by atoms with van der Waals surface area (Å²) in [7, 11) is 0. The predicted octanol–water partition coefficient (Wildman–Crippen LogP) is 5.42. The minimum Gasteiger partial charge on any atom is -0.459 e. The molecule has 0 bridgehead atoms. The quantitative estimate of drug-likeness (QED) is 0.485. The first-order chi connectivity index (χ1) is 13.4. The number of anilines is 2. The molecule has 28 heavy (non-hydrogen) atoms. The second-order valence-electron chi connectivity index (χ2n) is 5.90. The van der Waals surface area contributed by atoms with E-state index in [2.05, 4.69) is 4.98 Å². The molecule has 0 saturated carbocycles. The third-order valence-electron chi connectivity index (χ3n) is 3.77. The summed E-state index contributed by atoms with van der Waals surface area (Å²) in [6, 6.07) is 14.2. The Bertz CT molecular complexity index is 992. The number of ether oxygens (including phenoxy) is 1. The van der Waals surface area contributed by atoms with Crippen LogP contribution >= 0.6 is 34.5 Å². The standard InChI is InChI=1S/C20H16Cl2N2O3S/c1-13(25)24(16-5-3-2-4-6-16)20-23-15(12-28-20)11-27-19(26)10-14-7-8-17(21)18(22)9-14/h2-9,12H,10-11H2,1H3. The molecule has 0 radical (unpaired) electrons. The van der Waals surface area contributed by atoms with Crippen LogP contribution in [0.1, 0.15) is 18.2 Å². The number of hydrogen-bond donors (Lipinski definition) is 0. The van der Waals surface area contributed by atoms with Crippen molar-refractivity contribution in [3.63, 3.8) is 0 Å². The predicted molar refractivity (Wildman–Crippen MR) is 111 cm³/mol. The number of hydrogen-bond acceptors (Lipinski definition) is 5. The molecule has 0 saturated heterocycles. The van der Waals surface area contributed by atoms with Crippen LogP contribution in [0.3, 0.4) is 0 Å². The lowest BCUT2D eigenvalue weighted by Gasteiger charge is -2.17. The molecule has 3 rings (SSSR count). The largest absolute Gasteiger partial charge is 0.459 e. The van der Waals surface area contributed by atoms with Crippen molar-refractivity contribution in [2.24, 2.45) is 0 Å². The topological polar surface area (TPSA) is 59.5 Å². The Kier molecular flexibility index (Phi) is 6.67. The van der Waals surface area contributed by atoms with Crippen LogP contribution in [-0.4, -0.2) is 16.9 Å². The lowest BCUT2D eigenvalue weighted by atomic mass is 10.1. The Morgan fingerprint density at radius 2 is 1.86 bits per heavy atom. The highest BCUT2D eigenvalue weighted by Gasteiger charge is 2.18. The average molecular weight is 435 g/mol. The van der Waals surface area contributed by atoms with Gasteiger partial charge >= 0.3 is 5.97 Å². The molecule has 0 aliphatic heterocycles. The number of nitrogens with zero attached hydrogens (tertiary/aromatic N) is 2. The molecule has 3 aromatic rings. The van der Waals surface area contributed by atoms with Gasteiger partial charge in [-0.2, -0.15) is 0 Å². The van der Waals surface area contributed by atoms with Crippen LogP contribution < -0.4 is 4.90 Å². The molecule has 2 aromatic carbocycles. The maximum atomic E-state index is 12.1. The highest BCUT2D eigenvalue weighted by Crippen LogP contribution is 2.29. The number of esters is 1. The Labute approximate surface area is 176 Å². The van der Waals surface area contributed by atoms with Crippen molar-refractivity contribution in [1.29, 1.82) is 0 Å². The Hall–Kier alpha value is -2.41. The second kappa shape index (κ2) is 9.19. The van der Waals surface area contributed by atoms with E-state index in [9.17, 15) is 9.59 Å². The smallest absolute Gasteiger partial charge is 0.310 e. The number of carbonyl (C=O) groups is 2. The van der Waals surface area contributed by atoms with E-state index in [1.54, 1.807) is 23.6 Å². The number of thiazole rings is 1. The molecule has 0 aliphatic rings. The van der Waals surface area contributed by atoms with Crippen molar-refractivity contribution in [1.82, 2.24) is 4.98 Å². The number of carbonyl (C=O) groups excluding carboxylic acids is 2. The number of aromatic nitrogens is 1. The van der Waals surface area contributed by atoms with Crippen molar-refractivity contribution in [2.45, 2.75) is 20.0 Å². The lowest BCUT2D eigenvalue weighted by molar-refractivity contribution is -0.144. The van der Waals surface area contributed by atoms with E-state index in [4.69, 9.17) is 27.9 Å². The first-order valence-electron chi connectivity index (χ1n) is 8.33. The molecule has 144 valence electrons. The minimum atomic E-state index is -0.403. The van der Waals surface area contributed by atoms with Gasteiger partial charge in [0.1, 0.15) is 6.61 Å². The van der Waals surface area contributed by atoms with Crippen LogP contribution in [0.5, 0.6) is 0 Å². The number of halogens is 2. The van der Waals surface area contributed by atoms with Crippen LogP contribution in [0.15, 0.2) is 53.9 Å². The third kappa shape index (κ3) is 5.10. The average Bonchev–Trinajstić information content (AvgIpc) is 3.12. The summed E-state index contributed by atoms with van der Waals surface area (Å²) in [5.41, 5.74) is 2.02. The van der Waals surface area contributed by atoms with Gasteiger partial charge < -0.3 is 4.74 Å². The molecule has 8 heteroatoms. The van der Waals surface area contributed by atoms with Gasteiger partial charge in [0.2, 0.25) is 5.91 Å². The van der Waals surface area contributed by atoms with Crippen molar-refractivity contribution in [3.8, 4) is 0 Å². The van der Waals surface area contributed by atoms with Crippen molar-refractivity contribution in [3.05, 3.63) is 75.2 Å². The molecule has 0 atom stereocenters. The number of rotatable bonds is 6. The van der Waals surface area contributed by atoms with Gasteiger partial charge in [0, 0.05) is 12.3 Å². The summed E-state index contributed by atoms with van der Waals surface area (Å²) in [6.07, 6.45) is 0.0808. The highest BCUT2D eigenvalue weighted by atomic mass is 35.5. The van der Waals surface area contributed by atoms with E-state index < -0.39 is 5.97 Å². The monoisotopic (exact) mass is 434 g/mol. The minimum absolute atomic E-state index is 0.0250. The zero-order chi connectivity index (χ0) is 20.1. The fourth-order valence-electron chi connectivity index (χ4n) is 2.49. The van der Waals surface area contributed by atoms with Gasteiger partial charge in [-0.15, -0.1) is 11.3 Å². The molecule has 1 amide bonds. The van der Waals surface area contributed by atoms with Gasteiger partial charge in [0.25, 0.3) is 0 Å². The van der Waals surface area contributed by atoms with Crippen LogP contribution in [0, 0.1) is 0 Å². The zero-order valence-electron chi connectivity index (χ0n) is 14.9.